The van der Waals surface area contributed by atoms with E-state index in [9.17, 15) is 4.79 Å². The Morgan fingerprint density at radius 3 is 3.12 bits per heavy atom. The first-order chi connectivity index (χ1) is 15.8. The van der Waals surface area contributed by atoms with Gasteiger partial charge in [0, 0.05) is 24.7 Å². The van der Waals surface area contributed by atoms with Gasteiger partial charge in [0.1, 0.15) is 24.2 Å². The fourth-order valence-electron chi connectivity index (χ4n) is 3.77. The minimum Gasteiger partial charge on any atom is -0.491 e. The predicted octanol–water partition coefficient (Wildman–Crippen LogP) is 2.78. The van der Waals surface area contributed by atoms with Crippen LogP contribution >= 0.6 is 12.9 Å². The van der Waals surface area contributed by atoms with E-state index in [1.807, 2.05) is 24.3 Å². The quantitative estimate of drug-likeness (QED) is 0.187. The molecule has 1 unspecified atom stereocenters. The SMILES string of the molecule is O=C(C=Cc1ccccc1OCC1CCCN1c1ncnc2nc[nH]c12)NCCCOS. The zero-order valence-electron chi connectivity index (χ0n) is 17.6. The van der Waals surface area contributed by atoms with Crippen molar-refractivity contribution < 1.29 is 13.7 Å². The highest BCUT2D eigenvalue weighted by molar-refractivity contribution is 7.75. The van der Waals surface area contributed by atoms with E-state index in [-0.39, 0.29) is 11.9 Å². The molecule has 10 heteroatoms. The number of ether oxygens (including phenoxy) is 1. The lowest BCUT2D eigenvalue weighted by molar-refractivity contribution is -0.116. The standard InChI is InChI=1S/C22H26N6O3S/c29-19(23-10-4-12-31-32)9-8-16-5-1-2-7-18(16)30-13-17-6-3-11-28(17)22-20-21(25-14-24-20)26-15-27-22/h1-2,5,7-9,14-15,17,32H,3-4,6,10-13H2,(H,23,29)(H,24,25,26,27). The number of carbonyl (C=O) groups is 1. The molecule has 1 saturated heterocycles. The molecule has 1 aliphatic rings. The number of hydrogen-bond acceptors (Lipinski definition) is 8. The first kappa shape index (κ1) is 22.1. The Kier molecular flexibility index (Phi) is 7.57. The zero-order valence-corrected chi connectivity index (χ0v) is 18.5. The Hall–Kier alpha value is -3.11. The van der Waals surface area contributed by atoms with E-state index in [2.05, 4.69) is 47.2 Å². The lowest BCUT2D eigenvalue weighted by Gasteiger charge is -2.26. The van der Waals surface area contributed by atoms with Crippen LogP contribution in [0.25, 0.3) is 17.2 Å². The molecule has 3 aromatic rings. The molecule has 0 saturated carbocycles. The van der Waals surface area contributed by atoms with Crippen molar-refractivity contribution in [2.75, 3.05) is 31.2 Å². The van der Waals surface area contributed by atoms with Crippen molar-refractivity contribution in [3.63, 3.8) is 0 Å². The van der Waals surface area contributed by atoms with Crippen molar-refractivity contribution in [3.05, 3.63) is 48.6 Å². The number of nitrogens with one attached hydrogen (secondary N) is 2. The first-order valence-corrected chi connectivity index (χ1v) is 11.0. The molecule has 1 fully saturated rings. The Bertz CT molecular complexity index is 1070. The number of anilines is 1. The average Bonchev–Trinajstić information content (AvgIpc) is 3.49. The molecular weight excluding hydrogens is 428 g/mol. The number of H-pyrrole nitrogens is 1. The maximum atomic E-state index is 12.0. The van der Waals surface area contributed by atoms with Crippen molar-refractivity contribution >= 4 is 41.9 Å². The molecule has 168 valence electrons. The van der Waals surface area contributed by atoms with E-state index in [1.54, 1.807) is 18.7 Å². The monoisotopic (exact) mass is 454 g/mol. The van der Waals surface area contributed by atoms with Gasteiger partial charge in [0.2, 0.25) is 5.91 Å². The smallest absolute Gasteiger partial charge is 0.244 e. The number of para-hydroxylation sites is 1. The topological polar surface area (TPSA) is 105 Å². The first-order valence-electron chi connectivity index (χ1n) is 10.6. The summed E-state index contributed by atoms with van der Waals surface area (Å²) in [7, 11) is 0. The fourth-order valence-corrected chi connectivity index (χ4v) is 3.90. The van der Waals surface area contributed by atoms with Crippen molar-refractivity contribution in [2.45, 2.75) is 25.3 Å². The summed E-state index contributed by atoms with van der Waals surface area (Å²) in [5.74, 6) is 1.43. The van der Waals surface area contributed by atoms with Gasteiger partial charge in [-0.1, -0.05) is 18.2 Å². The lowest BCUT2D eigenvalue weighted by atomic mass is 10.2. The molecule has 2 aromatic heterocycles. The maximum Gasteiger partial charge on any atom is 0.244 e. The predicted molar refractivity (Wildman–Crippen MR) is 126 cm³/mol. The number of imidazole rings is 1. The van der Waals surface area contributed by atoms with Gasteiger partial charge in [-0.2, -0.15) is 0 Å². The molecule has 32 heavy (non-hydrogen) atoms. The van der Waals surface area contributed by atoms with Gasteiger partial charge in [0.15, 0.2) is 11.5 Å². The Morgan fingerprint density at radius 1 is 1.31 bits per heavy atom. The Balaban J connectivity index is 1.39. The fraction of sp³-hybridized carbons (Fsp3) is 0.364. The second-order valence-electron chi connectivity index (χ2n) is 7.45. The summed E-state index contributed by atoms with van der Waals surface area (Å²) in [5.41, 5.74) is 2.35. The number of nitrogens with zero attached hydrogens (tertiary/aromatic N) is 4. The van der Waals surface area contributed by atoms with Crippen LogP contribution in [0.15, 0.2) is 43.0 Å². The molecule has 3 heterocycles. The van der Waals surface area contributed by atoms with Crippen LogP contribution in [-0.4, -0.2) is 58.2 Å². The van der Waals surface area contributed by atoms with Crippen LogP contribution in [0.3, 0.4) is 0 Å². The Labute approximate surface area is 191 Å². The number of thiol groups is 1. The van der Waals surface area contributed by atoms with Gasteiger partial charge in [-0.15, -0.1) is 0 Å². The molecule has 0 spiro atoms. The van der Waals surface area contributed by atoms with E-state index < -0.39 is 0 Å². The number of amides is 1. The summed E-state index contributed by atoms with van der Waals surface area (Å²) in [5, 5.41) is 2.81. The molecule has 9 nitrogen and oxygen atoms in total. The van der Waals surface area contributed by atoms with E-state index in [1.165, 1.54) is 6.08 Å². The van der Waals surface area contributed by atoms with E-state index in [0.29, 0.717) is 31.8 Å². The molecule has 1 atom stereocenters. The van der Waals surface area contributed by atoms with E-state index in [4.69, 9.17) is 4.74 Å². The van der Waals surface area contributed by atoms with Crippen LogP contribution in [0.2, 0.25) is 0 Å². The van der Waals surface area contributed by atoms with Gasteiger partial charge in [-0.05, 0) is 44.3 Å². The van der Waals surface area contributed by atoms with Crippen molar-refractivity contribution in [2.24, 2.45) is 0 Å². The third kappa shape index (κ3) is 5.38. The molecule has 0 bridgehead atoms. The van der Waals surface area contributed by atoms with Crippen LogP contribution in [0, 0.1) is 0 Å². The molecule has 4 rings (SSSR count). The highest BCUT2D eigenvalue weighted by atomic mass is 32.1. The van der Waals surface area contributed by atoms with Crippen LogP contribution in [0.5, 0.6) is 5.75 Å². The van der Waals surface area contributed by atoms with Crippen molar-refractivity contribution in [3.8, 4) is 5.75 Å². The minimum absolute atomic E-state index is 0.159. The summed E-state index contributed by atoms with van der Waals surface area (Å²) in [4.78, 5) is 30.3. The average molecular weight is 455 g/mol. The van der Waals surface area contributed by atoms with Gasteiger partial charge in [-0.3, -0.25) is 4.79 Å². The lowest BCUT2D eigenvalue weighted by Crippen LogP contribution is -2.35. The Morgan fingerprint density at radius 2 is 2.22 bits per heavy atom. The molecular formula is C22H26N6O3S. The molecule has 2 N–H and O–H groups in total. The number of benzene rings is 1. The summed E-state index contributed by atoms with van der Waals surface area (Å²) in [6.07, 6.45) is 9.25. The van der Waals surface area contributed by atoms with Gasteiger partial charge >= 0.3 is 0 Å². The van der Waals surface area contributed by atoms with Gasteiger partial charge in [0.05, 0.1) is 19.0 Å². The largest absolute Gasteiger partial charge is 0.491 e. The zero-order chi connectivity index (χ0) is 22.2. The summed E-state index contributed by atoms with van der Waals surface area (Å²) < 4.78 is 10.9. The van der Waals surface area contributed by atoms with Crippen molar-refractivity contribution in [1.29, 1.82) is 0 Å². The van der Waals surface area contributed by atoms with Crippen LogP contribution in [0.1, 0.15) is 24.8 Å². The van der Waals surface area contributed by atoms with E-state index >= 15 is 0 Å². The van der Waals surface area contributed by atoms with Gasteiger partial charge in [0.25, 0.3) is 0 Å². The maximum absolute atomic E-state index is 12.0. The minimum atomic E-state index is -0.159. The molecule has 0 radical (unpaired) electrons. The number of hydrogen-bond donors (Lipinski definition) is 3. The summed E-state index contributed by atoms with van der Waals surface area (Å²) in [6.45, 7) is 2.44. The number of aromatic nitrogens is 4. The molecule has 0 aliphatic carbocycles. The third-order valence-electron chi connectivity index (χ3n) is 5.33. The summed E-state index contributed by atoms with van der Waals surface area (Å²) in [6, 6.07) is 7.88. The van der Waals surface area contributed by atoms with Crippen LogP contribution in [0.4, 0.5) is 5.82 Å². The number of fused-ring (bicyclic) bond motifs is 1. The normalized spacial score (nSPS) is 16.2. The second-order valence-corrected chi connectivity index (χ2v) is 7.71. The van der Waals surface area contributed by atoms with E-state index in [0.717, 1.165) is 42.0 Å². The third-order valence-corrected chi connectivity index (χ3v) is 5.51. The number of carbonyl (C=O) groups excluding carboxylic acids is 1. The summed E-state index contributed by atoms with van der Waals surface area (Å²) >= 11 is 3.68. The molecule has 1 aliphatic heterocycles. The second kappa shape index (κ2) is 11.0. The number of rotatable bonds is 10. The molecule has 1 amide bonds. The van der Waals surface area contributed by atoms with Crippen molar-refractivity contribution in [1.82, 2.24) is 25.3 Å². The number of aromatic amines is 1. The highest BCUT2D eigenvalue weighted by Crippen LogP contribution is 2.29. The molecule has 1 aromatic carbocycles. The van der Waals surface area contributed by atoms with Crippen LogP contribution < -0.4 is 15.0 Å². The van der Waals surface area contributed by atoms with Gasteiger partial charge < -0.3 is 24.1 Å². The van der Waals surface area contributed by atoms with Crippen LogP contribution in [-0.2, 0) is 8.98 Å². The highest BCUT2D eigenvalue weighted by Gasteiger charge is 2.28. The van der Waals surface area contributed by atoms with Gasteiger partial charge in [-0.25, -0.2) is 15.0 Å².